The van der Waals surface area contributed by atoms with E-state index >= 15 is 0 Å². The Bertz CT molecular complexity index is 936. The van der Waals surface area contributed by atoms with Crippen LogP contribution in [0.25, 0.3) is 0 Å². The summed E-state index contributed by atoms with van der Waals surface area (Å²) >= 11 is 9.98. The zero-order valence-electron chi connectivity index (χ0n) is 16.1. The second kappa shape index (κ2) is 9.14. The third kappa shape index (κ3) is 4.97. The van der Waals surface area contributed by atoms with E-state index in [1.807, 2.05) is 26.0 Å². The van der Waals surface area contributed by atoms with Gasteiger partial charge in [-0.3, -0.25) is 9.59 Å². The quantitative estimate of drug-likeness (QED) is 0.564. The van der Waals surface area contributed by atoms with Crippen molar-refractivity contribution in [2.75, 3.05) is 11.9 Å². The third-order valence-corrected chi connectivity index (χ3v) is 6.12. The first-order valence-electron chi connectivity index (χ1n) is 9.55. The lowest BCUT2D eigenvalue weighted by molar-refractivity contribution is 0.0951. The minimum Gasteiger partial charge on any atom is -0.384 e. The van der Waals surface area contributed by atoms with E-state index < -0.39 is 0 Å². The number of pyridine rings is 1. The molecular weight excluding hydrogens is 442 g/mol. The van der Waals surface area contributed by atoms with Crippen LogP contribution in [0.1, 0.15) is 52.9 Å². The van der Waals surface area contributed by atoms with Gasteiger partial charge >= 0.3 is 0 Å². The number of anilines is 1. The Labute approximate surface area is 178 Å². The Kier molecular flexibility index (Phi) is 6.83. The van der Waals surface area contributed by atoms with E-state index in [-0.39, 0.29) is 18.0 Å². The second-order valence-corrected chi connectivity index (χ2v) is 8.77. The Hall–Kier alpha value is -1.79. The predicted molar refractivity (Wildman–Crippen MR) is 117 cm³/mol. The number of amides is 1. The zero-order valence-corrected chi connectivity index (χ0v) is 18.5. The van der Waals surface area contributed by atoms with E-state index in [2.05, 4.69) is 31.5 Å². The maximum Gasteiger partial charge on any atom is 0.253 e. The fourth-order valence-electron chi connectivity index (χ4n) is 3.72. The SMILES string of the molecule is Cc1cc(C)c(CNC(=O)c2cc(Br)cc(NCC3CCCC3)c2Cl)c(=O)[nH]1. The minimum atomic E-state index is -0.311. The Balaban J connectivity index is 1.73. The molecule has 28 heavy (non-hydrogen) atoms. The molecule has 3 rings (SSSR count). The van der Waals surface area contributed by atoms with Crippen molar-refractivity contribution in [1.82, 2.24) is 10.3 Å². The van der Waals surface area contributed by atoms with Crippen molar-refractivity contribution in [3.8, 4) is 0 Å². The zero-order chi connectivity index (χ0) is 20.3. The highest BCUT2D eigenvalue weighted by Crippen LogP contribution is 2.32. The number of benzene rings is 1. The van der Waals surface area contributed by atoms with Gasteiger partial charge in [-0.25, -0.2) is 0 Å². The number of nitrogens with one attached hydrogen (secondary N) is 3. The van der Waals surface area contributed by atoms with Crippen LogP contribution in [0.3, 0.4) is 0 Å². The van der Waals surface area contributed by atoms with Crippen LogP contribution in [0, 0.1) is 19.8 Å². The summed E-state index contributed by atoms with van der Waals surface area (Å²) in [6, 6.07) is 5.48. The van der Waals surface area contributed by atoms with E-state index in [4.69, 9.17) is 11.6 Å². The van der Waals surface area contributed by atoms with Crippen molar-refractivity contribution in [3.05, 3.63) is 60.4 Å². The van der Waals surface area contributed by atoms with Gasteiger partial charge in [0.25, 0.3) is 11.5 Å². The van der Waals surface area contributed by atoms with E-state index in [0.717, 1.165) is 28.0 Å². The fourth-order valence-corrected chi connectivity index (χ4v) is 4.44. The molecule has 1 amide bonds. The summed E-state index contributed by atoms with van der Waals surface area (Å²) < 4.78 is 0.778. The third-order valence-electron chi connectivity index (χ3n) is 5.26. The highest BCUT2D eigenvalue weighted by Gasteiger charge is 2.18. The van der Waals surface area contributed by atoms with E-state index in [1.54, 1.807) is 6.07 Å². The highest BCUT2D eigenvalue weighted by atomic mass is 79.9. The minimum absolute atomic E-state index is 0.147. The number of aromatic amines is 1. The molecular formula is C21H25BrClN3O2. The number of halogens is 2. The van der Waals surface area contributed by atoms with Crippen LogP contribution < -0.4 is 16.2 Å². The van der Waals surface area contributed by atoms with Crippen molar-refractivity contribution in [2.45, 2.75) is 46.1 Å². The lowest BCUT2D eigenvalue weighted by Crippen LogP contribution is -2.28. The summed E-state index contributed by atoms with van der Waals surface area (Å²) in [4.78, 5) is 27.6. The molecule has 0 atom stereocenters. The van der Waals surface area contributed by atoms with E-state index in [0.29, 0.717) is 22.1 Å². The molecule has 1 aromatic carbocycles. The van der Waals surface area contributed by atoms with Gasteiger partial charge < -0.3 is 15.6 Å². The van der Waals surface area contributed by atoms with Crippen LogP contribution in [-0.4, -0.2) is 17.4 Å². The summed E-state index contributed by atoms with van der Waals surface area (Å²) in [6.45, 7) is 4.70. The molecule has 2 aromatic rings. The van der Waals surface area contributed by atoms with Crippen molar-refractivity contribution in [1.29, 1.82) is 0 Å². The van der Waals surface area contributed by atoms with E-state index in [1.165, 1.54) is 25.7 Å². The van der Waals surface area contributed by atoms with Crippen molar-refractivity contribution in [2.24, 2.45) is 5.92 Å². The van der Waals surface area contributed by atoms with Gasteiger partial charge in [0.1, 0.15) is 0 Å². The van der Waals surface area contributed by atoms with Crippen molar-refractivity contribution < 1.29 is 4.79 Å². The summed E-state index contributed by atoms with van der Waals surface area (Å²) in [5.41, 5.74) is 3.14. The first-order valence-corrected chi connectivity index (χ1v) is 10.7. The van der Waals surface area contributed by atoms with Crippen LogP contribution in [0.2, 0.25) is 5.02 Å². The van der Waals surface area contributed by atoms with Gasteiger partial charge in [0, 0.05) is 28.8 Å². The number of aryl methyl sites for hydroxylation is 2. The number of carbonyl (C=O) groups excluding carboxylic acids is 1. The van der Waals surface area contributed by atoms with E-state index in [9.17, 15) is 9.59 Å². The Morgan fingerprint density at radius 1 is 1.25 bits per heavy atom. The lowest BCUT2D eigenvalue weighted by Gasteiger charge is -2.16. The molecule has 150 valence electrons. The molecule has 3 N–H and O–H groups in total. The summed E-state index contributed by atoms with van der Waals surface area (Å²) in [5.74, 6) is 0.346. The number of hydrogen-bond donors (Lipinski definition) is 3. The van der Waals surface area contributed by atoms with Gasteiger partial charge in [-0.1, -0.05) is 40.4 Å². The van der Waals surface area contributed by atoms with Gasteiger partial charge in [0.15, 0.2) is 0 Å². The molecule has 0 aliphatic heterocycles. The molecule has 1 aliphatic carbocycles. The van der Waals surface area contributed by atoms with Crippen molar-refractivity contribution in [3.63, 3.8) is 0 Å². The molecule has 0 unspecified atom stereocenters. The van der Waals surface area contributed by atoms with Gasteiger partial charge in [0.2, 0.25) is 0 Å². The number of hydrogen-bond acceptors (Lipinski definition) is 3. The number of aromatic nitrogens is 1. The second-order valence-electron chi connectivity index (χ2n) is 7.47. The molecule has 0 bridgehead atoms. The highest BCUT2D eigenvalue weighted by molar-refractivity contribution is 9.10. The summed E-state index contributed by atoms with van der Waals surface area (Å²) in [5, 5.41) is 6.61. The molecule has 1 heterocycles. The number of H-pyrrole nitrogens is 1. The first kappa shape index (κ1) is 20.9. The van der Waals surface area contributed by atoms with Crippen molar-refractivity contribution >= 4 is 39.1 Å². The maximum absolute atomic E-state index is 12.7. The summed E-state index contributed by atoms with van der Waals surface area (Å²) in [6.07, 6.45) is 5.03. The van der Waals surface area contributed by atoms with Gasteiger partial charge in [-0.2, -0.15) is 0 Å². The van der Waals surface area contributed by atoms with Crippen LogP contribution in [-0.2, 0) is 6.54 Å². The van der Waals surface area contributed by atoms with Crippen LogP contribution in [0.15, 0.2) is 27.5 Å². The van der Waals surface area contributed by atoms with Crippen LogP contribution in [0.4, 0.5) is 5.69 Å². The fraction of sp³-hybridized carbons (Fsp3) is 0.429. The molecule has 1 fully saturated rings. The Morgan fingerprint density at radius 3 is 2.64 bits per heavy atom. The Morgan fingerprint density at radius 2 is 1.96 bits per heavy atom. The maximum atomic E-state index is 12.7. The molecule has 0 radical (unpaired) electrons. The van der Waals surface area contributed by atoms with Gasteiger partial charge in [0.05, 0.1) is 16.3 Å². The molecule has 7 heteroatoms. The smallest absolute Gasteiger partial charge is 0.253 e. The normalized spacial score (nSPS) is 14.3. The first-order chi connectivity index (χ1) is 13.3. The van der Waals surface area contributed by atoms with Gasteiger partial charge in [-0.15, -0.1) is 0 Å². The van der Waals surface area contributed by atoms with Gasteiger partial charge in [-0.05, 0) is 56.4 Å². The topological polar surface area (TPSA) is 74.0 Å². The average Bonchev–Trinajstić information content (AvgIpc) is 3.14. The number of rotatable bonds is 6. The largest absolute Gasteiger partial charge is 0.384 e. The molecule has 5 nitrogen and oxygen atoms in total. The lowest BCUT2D eigenvalue weighted by atomic mass is 10.1. The molecule has 0 saturated heterocycles. The van der Waals surface area contributed by atoms with Crippen LogP contribution in [0.5, 0.6) is 0 Å². The molecule has 1 saturated carbocycles. The number of carbonyl (C=O) groups is 1. The molecule has 0 spiro atoms. The molecule has 1 aromatic heterocycles. The summed E-state index contributed by atoms with van der Waals surface area (Å²) in [7, 11) is 0. The molecule has 1 aliphatic rings. The predicted octanol–water partition coefficient (Wildman–Crippen LogP) is 4.94. The van der Waals surface area contributed by atoms with Crippen LogP contribution >= 0.6 is 27.5 Å². The standard InChI is InChI=1S/C21H25BrClN3O2/c1-12-7-13(2)26-21(28)17(12)11-25-20(27)16-8-15(22)9-18(19(16)23)24-10-14-5-3-4-6-14/h7-9,14,24H,3-6,10-11H2,1-2H3,(H,25,27)(H,26,28). The average molecular weight is 467 g/mol. The monoisotopic (exact) mass is 465 g/mol.